The van der Waals surface area contributed by atoms with Crippen molar-refractivity contribution in [3.05, 3.63) is 36.0 Å². The lowest BCUT2D eigenvalue weighted by molar-refractivity contribution is 0.0693. The van der Waals surface area contributed by atoms with E-state index in [1.807, 2.05) is 19.9 Å². The van der Waals surface area contributed by atoms with Crippen LogP contribution in [0.3, 0.4) is 0 Å². The van der Waals surface area contributed by atoms with Gasteiger partial charge in [0.1, 0.15) is 5.56 Å². The highest BCUT2D eigenvalue weighted by molar-refractivity contribution is 6.04. The lowest BCUT2D eigenvalue weighted by atomic mass is 10.1. The Balaban J connectivity index is 2.52. The molecule has 94 valence electrons. The molecule has 0 saturated heterocycles. The van der Waals surface area contributed by atoms with Gasteiger partial charge in [-0.05, 0) is 12.0 Å². The summed E-state index contributed by atoms with van der Waals surface area (Å²) in [5.74, 6) is -0.333. The molecule has 1 N–H and O–H groups in total. The first-order valence-electron chi connectivity index (χ1n) is 5.83. The molecule has 0 aliphatic rings. The third-order valence-corrected chi connectivity index (χ3v) is 2.53. The Morgan fingerprint density at radius 1 is 1.39 bits per heavy atom. The second kappa shape index (κ2) is 5.04. The molecular formula is C14H15NO3. The predicted molar refractivity (Wildman–Crippen MR) is 69.0 cm³/mol. The van der Waals surface area contributed by atoms with Crippen molar-refractivity contribution in [3.63, 3.8) is 0 Å². The van der Waals surface area contributed by atoms with Gasteiger partial charge in [-0.3, -0.25) is 4.98 Å². The van der Waals surface area contributed by atoms with Crippen LogP contribution in [0.2, 0.25) is 0 Å². The molecule has 0 fully saturated rings. The fourth-order valence-corrected chi connectivity index (χ4v) is 1.71. The van der Waals surface area contributed by atoms with Crippen LogP contribution in [-0.2, 0) is 0 Å². The largest absolute Gasteiger partial charge is 0.491 e. The molecule has 1 aromatic carbocycles. The van der Waals surface area contributed by atoms with Crippen molar-refractivity contribution in [1.29, 1.82) is 0 Å². The molecule has 1 aromatic heterocycles. The Kier molecular flexibility index (Phi) is 3.46. The highest BCUT2D eigenvalue weighted by Crippen LogP contribution is 2.26. The van der Waals surface area contributed by atoms with Gasteiger partial charge < -0.3 is 9.84 Å². The van der Waals surface area contributed by atoms with Crippen molar-refractivity contribution in [1.82, 2.24) is 4.98 Å². The zero-order chi connectivity index (χ0) is 13.1. The molecule has 18 heavy (non-hydrogen) atoms. The maximum absolute atomic E-state index is 11.4. The van der Waals surface area contributed by atoms with E-state index in [2.05, 4.69) is 4.98 Å². The quantitative estimate of drug-likeness (QED) is 0.899. The van der Waals surface area contributed by atoms with Gasteiger partial charge in [-0.25, -0.2) is 4.79 Å². The van der Waals surface area contributed by atoms with Gasteiger partial charge in [0.05, 0.1) is 18.3 Å². The fourth-order valence-electron chi connectivity index (χ4n) is 1.71. The summed E-state index contributed by atoms with van der Waals surface area (Å²) in [5.41, 5.74) is 0.841. The van der Waals surface area contributed by atoms with E-state index in [1.54, 1.807) is 18.2 Å². The van der Waals surface area contributed by atoms with Gasteiger partial charge >= 0.3 is 5.97 Å². The summed E-state index contributed by atoms with van der Waals surface area (Å²) >= 11 is 0. The number of carbonyl (C=O) groups is 1. The summed E-state index contributed by atoms with van der Waals surface area (Å²) in [7, 11) is 0. The molecule has 4 heteroatoms. The number of ether oxygens (including phenoxy) is 1. The number of aromatic nitrogens is 1. The van der Waals surface area contributed by atoms with Crippen LogP contribution in [0, 0.1) is 5.92 Å². The normalized spacial score (nSPS) is 10.8. The number of fused-ring (bicyclic) bond motifs is 1. The number of carboxylic acid groups (broad SMARTS) is 1. The zero-order valence-corrected chi connectivity index (χ0v) is 10.4. The van der Waals surface area contributed by atoms with Crippen molar-refractivity contribution in [2.75, 3.05) is 6.61 Å². The molecule has 0 amide bonds. The van der Waals surface area contributed by atoms with Gasteiger partial charge in [-0.15, -0.1) is 0 Å². The van der Waals surface area contributed by atoms with Crippen LogP contribution in [0.25, 0.3) is 10.9 Å². The molecular weight excluding hydrogens is 230 g/mol. The molecule has 0 saturated carbocycles. The van der Waals surface area contributed by atoms with E-state index in [9.17, 15) is 9.90 Å². The van der Waals surface area contributed by atoms with E-state index < -0.39 is 5.97 Å². The van der Waals surface area contributed by atoms with E-state index in [0.717, 1.165) is 0 Å². The van der Waals surface area contributed by atoms with Crippen LogP contribution >= 0.6 is 0 Å². The third kappa shape index (κ3) is 2.42. The number of aromatic carboxylic acids is 1. The standard InChI is InChI=1S/C14H15NO3/c1-9(2)8-18-12-7-15-11-6-4-3-5-10(11)13(12)14(16)17/h3-7,9H,8H2,1-2H3,(H,16,17). The van der Waals surface area contributed by atoms with Gasteiger partial charge in [0.25, 0.3) is 0 Å². The Morgan fingerprint density at radius 3 is 2.78 bits per heavy atom. The number of hydrogen-bond acceptors (Lipinski definition) is 3. The van der Waals surface area contributed by atoms with Crippen molar-refractivity contribution >= 4 is 16.9 Å². The fraction of sp³-hybridized carbons (Fsp3) is 0.286. The lowest BCUT2D eigenvalue weighted by Gasteiger charge is -2.12. The van der Waals surface area contributed by atoms with Gasteiger partial charge in [0.15, 0.2) is 5.75 Å². The topological polar surface area (TPSA) is 59.4 Å². The molecule has 0 aliphatic carbocycles. The van der Waals surface area contributed by atoms with E-state index in [4.69, 9.17) is 4.74 Å². The third-order valence-electron chi connectivity index (χ3n) is 2.53. The first kappa shape index (κ1) is 12.4. The first-order valence-corrected chi connectivity index (χ1v) is 5.83. The lowest BCUT2D eigenvalue weighted by Crippen LogP contribution is -2.09. The average Bonchev–Trinajstić information content (AvgIpc) is 2.35. The minimum atomic E-state index is -0.993. The SMILES string of the molecule is CC(C)COc1cnc2ccccc2c1C(=O)O. The molecule has 0 unspecified atom stereocenters. The minimum Gasteiger partial charge on any atom is -0.491 e. The summed E-state index contributed by atoms with van der Waals surface area (Å²) in [4.78, 5) is 15.6. The van der Waals surface area contributed by atoms with Crippen LogP contribution in [0.15, 0.2) is 30.5 Å². The number of hydrogen-bond donors (Lipinski definition) is 1. The molecule has 1 heterocycles. The van der Waals surface area contributed by atoms with Crippen molar-refractivity contribution in [2.45, 2.75) is 13.8 Å². The van der Waals surface area contributed by atoms with E-state index in [1.165, 1.54) is 6.20 Å². The Hall–Kier alpha value is -2.10. The van der Waals surface area contributed by atoms with Crippen LogP contribution in [-0.4, -0.2) is 22.7 Å². The number of benzene rings is 1. The molecule has 0 radical (unpaired) electrons. The molecule has 2 aromatic rings. The summed E-state index contributed by atoms with van der Waals surface area (Å²) in [5, 5.41) is 9.92. The second-order valence-corrected chi connectivity index (χ2v) is 4.52. The maximum Gasteiger partial charge on any atom is 0.340 e. The van der Waals surface area contributed by atoms with Gasteiger partial charge in [0.2, 0.25) is 0 Å². The van der Waals surface area contributed by atoms with Crippen LogP contribution < -0.4 is 4.74 Å². The zero-order valence-electron chi connectivity index (χ0n) is 10.4. The van der Waals surface area contributed by atoms with Crippen LogP contribution in [0.5, 0.6) is 5.75 Å². The number of pyridine rings is 1. The molecule has 0 aliphatic heterocycles. The second-order valence-electron chi connectivity index (χ2n) is 4.52. The molecule has 2 rings (SSSR count). The Labute approximate surface area is 105 Å². The number of carboxylic acids is 1. The highest BCUT2D eigenvalue weighted by Gasteiger charge is 2.16. The smallest absolute Gasteiger partial charge is 0.340 e. The molecule has 0 bridgehead atoms. The van der Waals surface area contributed by atoms with Gasteiger partial charge in [0, 0.05) is 5.39 Å². The summed E-state index contributed by atoms with van der Waals surface area (Å²) < 4.78 is 5.52. The molecule has 0 atom stereocenters. The maximum atomic E-state index is 11.4. The van der Waals surface area contributed by atoms with E-state index in [0.29, 0.717) is 29.2 Å². The van der Waals surface area contributed by atoms with Crippen molar-refractivity contribution in [2.24, 2.45) is 5.92 Å². The first-order chi connectivity index (χ1) is 8.59. The van der Waals surface area contributed by atoms with Gasteiger partial charge in [-0.1, -0.05) is 32.0 Å². The number of para-hydroxylation sites is 1. The Bertz CT molecular complexity index is 578. The van der Waals surface area contributed by atoms with Crippen LogP contribution in [0.4, 0.5) is 0 Å². The van der Waals surface area contributed by atoms with E-state index >= 15 is 0 Å². The monoisotopic (exact) mass is 245 g/mol. The van der Waals surface area contributed by atoms with Gasteiger partial charge in [-0.2, -0.15) is 0 Å². The summed E-state index contributed by atoms with van der Waals surface area (Å²) in [6.07, 6.45) is 1.48. The Morgan fingerprint density at radius 2 is 2.11 bits per heavy atom. The van der Waals surface area contributed by atoms with E-state index in [-0.39, 0.29) is 5.56 Å². The highest BCUT2D eigenvalue weighted by atomic mass is 16.5. The number of nitrogens with zero attached hydrogens (tertiary/aromatic N) is 1. The predicted octanol–water partition coefficient (Wildman–Crippen LogP) is 2.97. The van der Waals surface area contributed by atoms with Crippen LogP contribution in [0.1, 0.15) is 24.2 Å². The molecule has 4 nitrogen and oxygen atoms in total. The summed E-state index contributed by atoms with van der Waals surface area (Å²) in [6.45, 7) is 4.49. The average molecular weight is 245 g/mol. The summed E-state index contributed by atoms with van der Waals surface area (Å²) in [6, 6.07) is 7.15. The minimum absolute atomic E-state index is 0.182. The van der Waals surface area contributed by atoms with Crippen molar-refractivity contribution < 1.29 is 14.6 Å². The number of rotatable bonds is 4. The molecule has 0 spiro atoms. The van der Waals surface area contributed by atoms with Crippen molar-refractivity contribution in [3.8, 4) is 5.75 Å².